The lowest BCUT2D eigenvalue weighted by atomic mass is 9.91. The van der Waals surface area contributed by atoms with Crippen LogP contribution >= 0.6 is 15.9 Å². The van der Waals surface area contributed by atoms with Crippen LogP contribution in [-0.2, 0) is 5.41 Å². The molecule has 0 aromatic heterocycles. The van der Waals surface area contributed by atoms with E-state index in [0.29, 0.717) is 10.2 Å². The normalized spacial score (nSPS) is 21.1. The molecule has 13 heavy (non-hydrogen) atoms. The maximum Gasteiger partial charge on any atom is 0.0126 e. The van der Waals surface area contributed by atoms with Gasteiger partial charge >= 0.3 is 0 Å². The molecule has 0 radical (unpaired) electrons. The third kappa shape index (κ3) is 1.96. The van der Waals surface area contributed by atoms with Crippen LogP contribution in [0, 0.1) is 0 Å². The monoisotopic (exact) mass is 238 g/mol. The van der Waals surface area contributed by atoms with Crippen molar-refractivity contribution in [2.45, 2.75) is 36.4 Å². The lowest BCUT2D eigenvalue weighted by molar-refractivity contribution is 0.621. The van der Waals surface area contributed by atoms with Gasteiger partial charge in [-0.15, -0.1) is 0 Å². The van der Waals surface area contributed by atoms with Gasteiger partial charge in [0.15, 0.2) is 0 Å². The topological polar surface area (TPSA) is 0 Å². The van der Waals surface area contributed by atoms with E-state index in [1.165, 1.54) is 24.8 Å². The van der Waals surface area contributed by atoms with Crippen molar-refractivity contribution >= 4 is 15.9 Å². The van der Waals surface area contributed by atoms with Gasteiger partial charge in [-0.25, -0.2) is 0 Å². The quantitative estimate of drug-likeness (QED) is 0.702. The molecule has 70 valence electrons. The summed E-state index contributed by atoms with van der Waals surface area (Å²) in [5, 5.41) is 0. The highest BCUT2D eigenvalue weighted by atomic mass is 79.9. The van der Waals surface area contributed by atoms with E-state index in [4.69, 9.17) is 0 Å². The first kappa shape index (κ1) is 9.26. The van der Waals surface area contributed by atoms with Crippen molar-refractivity contribution in [2.24, 2.45) is 0 Å². The summed E-state index contributed by atoms with van der Waals surface area (Å²) >= 11 is 3.65. The van der Waals surface area contributed by atoms with Crippen molar-refractivity contribution in [2.75, 3.05) is 0 Å². The van der Waals surface area contributed by atoms with Crippen molar-refractivity contribution in [3.8, 4) is 0 Å². The van der Waals surface area contributed by atoms with Gasteiger partial charge in [0.2, 0.25) is 0 Å². The molecular formula is C12H15Br. The predicted molar refractivity (Wildman–Crippen MR) is 60.4 cm³/mol. The van der Waals surface area contributed by atoms with Gasteiger partial charge < -0.3 is 0 Å². The molecule has 1 aromatic rings. The van der Waals surface area contributed by atoms with Crippen LogP contribution in [0.5, 0.6) is 0 Å². The van der Waals surface area contributed by atoms with Gasteiger partial charge in [0.1, 0.15) is 0 Å². The van der Waals surface area contributed by atoms with Gasteiger partial charge in [0.05, 0.1) is 0 Å². The number of hydrogen-bond donors (Lipinski definition) is 0. The molecule has 0 amide bonds. The summed E-state index contributed by atoms with van der Waals surface area (Å²) in [6.45, 7) is 2.24. The van der Waals surface area contributed by atoms with Crippen molar-refractivity contribution in [3.05, 3.63) is 35.9 Å². The molecular weight excluding hydrogens is 224 g/mol. The summed E-state index contributed by atoms with van der Waals surface area (Å²) in [4.78, 5) is 0.634. The molecule has 0 spiro atoms. The maximum atomic E-state index is 3.65. The van der Waals surface area contributed by atoms with Gasteiger partial charge in [0.25, 0.3) is 0 Å². The van der Waals surface area contributed by atoms with Crippen LogP contribution in [0.3, 0.4) is 0 Å². The zero-order valence-electron chi connectivity index (χ0n) is 7.96. The third-order valence-corrected chi connectivity index (χ3v) is 3.24. The van der Waals surface area contributed by atoms with Crippen molar-refractivity contribution in [1.29, 1.82) is 0 Å². The highest BCUT2D eigenvalue weighted by Crippen LogP contribution is 2.52. The van der Waals surface area contributed by atoms with E-state index in [1.54, 1.807) is 0 Å². The van der Waals surface area contributed by atoms with E-state index in [0.717, 1.165) is 0 Å². The minimum atomic E-state index is 0.518. The Hall–Kier alpha value is -0.300. The van der Waals surface area contributed by atoms with Crippen molar-refractivity contribution in [1.82, 2.24) is 0 Å². The summed E-state index contributed by atoms with van der Waals surface area (Å²) in [6.07, 6.45) is 4.01. The van der Waals surface area contributed by atoms with Gasteiger partial charge in [-0.05, 0) is 30.2 Å². The number of alkyl halides is 1. The van der Waals surface area contributed by atoms with Crippen molar-refractivity contribution < 1.29 is 0 Å². The molecule has 0 N–H and O–H groups in total. The molecule has 0 heterocycles. The Morgan fingerprint density at radius 2 is 1.92 bits per heavy atom. The Labute approximate surface area is 88.5 Å². The van der Waals surface area contributed by atoms with Crippen LogP contribution in [0.1, 0.15) is 31.7 Å². The summed E-state index contributed by atoms with van der Waals surface area (Å²) in [7, 11) is 0. The zero-order chi connectivity index (χ0) is 9.31. The van der Waals surface area contributed by atoms with Crippen LogP contribution in [0.25, 0.3) is 0 Å². The minimum absolute atomic E-state index is 0.518. The van der Waals surface area contributed by atoms with Crippen LogP contribution in [-0.4, -0.2) is 4.83 Å². The molecule has 2 rings (SSSR count). The van der Waals surface area contributed by atoms with Gasteiger partial charge in [0, 0.05) is 4.83 Å². The Kier molecular flexibility index (Phi) is 2.46. The Bertz CT molecular complexity index is 272. The number of hydrogen-bond acceptors (Lipinski definition) is 0. The fourth-order valence-corrected chi connectivity index (χ4v) is 2.71. The highest BCUT2D eigenvalue weighted by molar-refractivity contribution is 9.09. The van der Waals surface area contributed by atoms with Crippen LogP contribution in [0.2, 0.25) is 0 Å². The molecule has 1 aromatic carbocycles. The Morgan fingerprint density at radius 1 is 1.31 bits per heavy atom. The molecule has 1 aliphatic rings. The van der Waals surface area contributed by atoms with E-state index >= 15 is 0 Å². The molecule has 1 atom stereocenters. The Balaban J connectivity index is 2.16. The zero-order valence-corrected chi connectivity index (χ0v) is 9.55. The molecule has 0 bridgehead atoms. The second kappa shape index (κ2) is 3.45. The van der Waals surface area contributed by atoms with E-state index in [1.807, 2.05) is 0 Å². The number of benzene rings is 1. The largest absolute Gasteiger partial charge is 0.0893 e. The second-order valence-corrected chi connectivity index (χ2v) is 5.69. The average molecular weight is 239 g/mol. The molecule has 1 aliphatic carbocycles. The molecule has 1 heteroatoms. The van der Waals surface area contributed by atoms with E-state index in [9.17, 15) is 0 Å². The summed E-state index contributed by atoms with van der Waals surface area (Å²) in [5.41, 5.74) is 2.05. The standard InChI is InChI=1S/C12H15Br/c1-10(13)9-12(7-8-12)11-5-3-2-4-6-11/h2-6,10H,7-9H2,1H3. The average Bonchev–Trinajstić information content (AvgIpc) is 2.86. The first-order chi connectivity index (χ1) is 6.23. The smallest absolute Gasteiger partial charge is 0.0126 e. The van der Waals surface area contributed by atoms with E-state index in [2.05, 4.69) is 53.2 Å². The molecule has 0 aliphatic heterocycles. The maximum absolute atomic E-state index is 3.65. The first-order valence-corrected chi connectivity index (χ1v) is 5.84. The minimum Gasteiger partial charge on any atom is -0.0893 e. The molecule has 1 fully saturated rings. The van der Waals surface area contributed by atoms with E-state index < -0.39 is 0 Å². The SMILES string of the molecule is CC(Br)CC1(c2ccccc2)CC1. The number of halogens is 1. The Morgan fingerprint density at radius 3 is 2.38 bits per heavy atom. The van der Waals surface area contributed by atoms with Gasteiger partial charge in [-0.2, -0.15) is 0 Å². The fourth-order valence-electron chi connectivity index (χ4n) is 2.09. The van der Waals surface area contributed by atoms with Crippen molar-refractivity contribution in [3.63, 3.8) is 0 Å². The third-order valence-electron chi connectivity index (χ3n) is 2.91. The number of rotatable bonds is 3. The molecule has 1 saturated carbocycles. The molecule has 0 nitrogen and oxygen atoms in total. The fraction of sp³-hybridized carbons (Fsp3) is 0.500. The van der Waals surface area contributed by atoms with Gasteiger partial charge in [-0.1, -0.05) is 53.2 Å². The molecule has 1 unspecified atom stereocenters. The van der Waals surface area contributed by atoms with Crippen LogP contribution in [0.4, 0.5) is 0 Å². The van der Waals surface area contributed by atoms with Crippen LogP contribution in [0.15, 0.2) is 30.3 Å². The highest BCUT2D eigenvalue weighted by Gasteiger charge is 2.44. The summed E-state index contributed by atoms with van der Waals surface area (Å²) in [5.74, 6) is 0. The first-order valence-electron chi connectivity index (χ1n) is 4.93. The molecule has 0 saturated heterocycles. The second-order valence-electron chi connectivity index (χ2n) is 4.13. The summed E-state index contributed by atoms with van der Waals surface area (Å²) < 4.78 is 0. The van der Waals surface area contributed by atoms with E-state index in [-0.39, 0.29) is 0 Å². The van der Waals surface area contributed by atoms with Gasteiger partial charge in [-0.3, -0.25) is 0 Å². The lowest BCUT2D eigenvalue weighted by Gasteiger charge is -2.16. The lowest BCUT2D eigenvalue weighted by Crippen LogP contribution is -2.10. The predicted octanol–water partition coefficient (Wildman–Crippen LogP) is 3.89. The van der Waals surface area contributed by atoms with Crippen LogP contribution < -0.4 is 0 Å². The summed E-state index contributed by atoms with van der Waals surface area (Å²) in [6, 6.07) is 10.9.